The number of fused-ring (bicyclic) bond motifs is 4. The molecule has 4 fully saturated rings. The number of aromatic nitrogens is 1. The first kappa shape index (κ1) is 34.7. The van der Waals surface area contributed by atoms with Crippen LogP contribution in [0.3, 0.4) is 0 Å². The monoisotopic (exact) mass is 694 g/mol. The van der Waals surface area contributed by atoms with E-state index in [9.17, 15) is 24.6 Å². The van der Waals surface area contributed by atoms with E-state index in [1.165, 1.54) is 12.1 Å². The van der Waals surface area contributed by atoms with E-state index in [1.807, 2.05) is 42.5 Å². The number of rotatable bonds is 14. The Morgan fingerprint density at radius 3 is 2.43 bits per heavy atom. The molecule has 268 valence electrons. The molecule has 5 heterocycles. The highest BCUT2D eigenvalue weighted by molar-refractivity contribution is 5.98. The van der Waals surface area contributed by atoms with Crippen molar-refractivity contribution in [1.29, 1.82) is 0 Å². The van der Waals surface area contributed by atoms with E-state index in [-0.39, 0.29) is 42.4 Å². The molecule has 0 radical (unpaired) electrons. The van der Waals surface area contributed by atoms with E-state index in [0.717, 1.165) is 63.8 Å². The fraction of sp³-hybridized carbons (Fsp3) is 0.425. The van der Waals surface area contributed by atoms with E-state index in [1.54, 1.807) is 29.2 Å². The number of amides is 1. The number of aromatic amines is 1. The number of phenolic OH excluding ortho intramolecular Hbond substituents is 1. The lowest BCUT2D eigenvalue weighted by Gasteiger charge is -2.50. The van der Waals surface area contributed by atoms with Gasteiger partial charge in [0, 0.05) is 43.2 Å². The Morgan fingerprint density at radius 2 is 1.71 bits per heavy atom. The van der Waals surface area contributed by atoms with Crippen LogP contribution in [0.25, 0.3) is 10.9 Å². The van der Waals surface area contributed by atoms with E-state index in [2.05, 4.69) is 15.2 Å². The molecule has 0 saturated carbocycles. The number of aliphatic hydroxyl groups excluding tert-OH is 1. The molecule has 11 nitrogen and oxygen atoms in total. The molecule has 51 heavy (non-hydrogen) atoms. The van der Waals surface area contributed by atoms with Gasteiger partial charge in [0.15, 0.2) is 0 Å². The van der Waals surface area contributed by atoms with Gasteiger partial charge >= 0.3 is 5.97 Å². The second-order valence-corrected chi connectivity index (χ2v) is 14.1. The number of aliphatic hydroxyl groups is 1. The number of H-pyrrole nitrogens is 1. The number of benzene rings is 3. The van der Waals surface area contributed by atoms with E-state index >= 15 is 0 Å². The number of piperidine rings is 3. The molecule has 4 saturated heterocycles. The van der Waals surface area contributed by atoms with Crippen LogP contribution in [-0.4, -0.2) is 95.4 Å². The predicted octanol–water partition coefficient (Wildman–Crippen LogP) is 4.14. The zero-order valence-corrected chi connectivity index (χ0v) is 28.8. The fourth-order valence-corrected chi connectivity index (χ4v) is 7.72. The number of carbonyl (C=O) groups is 2. The third kappa shape index (κ3) is 7.51. The number of hydrogen-bond acceptors (Lipinski definition) is 9. The summed E-state index contributed by atoms with van der Waals surface area (Å²) in [4.78, 5) is 45.6. The van der Waals surface area contributed by atoms with Crippen LogP contribution in [0, 0.1) is 5.92 Å². The van der Waals surface area contributed by atoms with Crippen LogP contribution < -0.4 is 15.6 Å². The molecule has 0 unspecified atom stereocenters. The first-order valence-corrected chi connectivity index (χ1v) is 18.1. The number of nitrogens with one attached hydrogen (secondary N) is 2. The van der Waals surface area contributed by atoms with Crippen LogP contribution in [0.4, 0.5) is 0 Å². The first-order chi connectivity index (χ1) is 24.8. The van der Waals surface area contributed by atoms with Crippen molar-refractivity contribution in [3.63, 3.8) is 0 Å². The van der Waals surface area contributed by atoms with Crippen LogP contribution in [-0.2, 0) is 14.9 Å². The quantitative estimate of drug-likeness (QED) is 0.113. The van der Waals surface area contributed by atoms with E-state index < -0.39 is 11.5 Å². The van der Waals surface area contributed by atoms with Crippen LogP contribution in [0.1, 0.15) is 59.7 Å². The zero-order chi connectivity index (χ0) is 35.4. The van der Waals surface area contributed by atoms with Gasteiger partial charge in [0.1, 0.15) is 23.0 Å². The van der Waals surface area contributed by atoms with Gasteiger partial charge in [0.05, 0.1) is 18.2 Å². The topological polar surface area (TPSA) is 144 Å². The average molecular weight is 695 g/mol. The van der Waals surface area contributed by atoms with Gasteiger partial charge in [-0.15, -0.1) is 0 Å². The fourth-order valence-electron chi connectivity index (χ4n) is 7.72. The number of nitrogens with zero attached hydrogens (tertiary/aromatic N) is 2. The predicted molar refractivity (Wildman–Crippen MR) is 193 cm³/mol. The molecule has 0 aliphatic carbocycles. The summed E-state index contributed by atoms with van der Waals surface area (Å²) in [6, 6.07) is 23.0. The van der Waals surface area contributed by atoms with Gasteiger partial charge in [0.2, 0.25) is 5.56 Å². The molecule has 0 spiro atoms. The largest absolute Gasteiger partial charge is 0.506 e. The Morgan fingerprint density at radius 1 is 0.941 bits per heavy atom. The summed E-state index contributed by atoms with van der Waals surface area (Å²) in [5, 5.41) is 24.7. The Bertz CT molecular complexity index is 1880. The number of likely N-dealkylation sites (tertiary alicyclic amines) is 1. The minimum absolute atomic E-state index is 0.0327. The zero-order valence-electron chi connectivity index (χ0n) is 28.8. The molecule has 1 amide bonds. The molecular formula is C40H46N4O7. The lowest BCUT2D eigenvalue weighted by Crippen LogP contribution is -2.66. The summed E-state index contributed by atoms with van der Waals surface area (Å²) in [6.07, 6.45) is 3.96. The van der Waals surface area contributed by atoms with Crippen molar-refractivity contribution in [2.45, 2.75) is 49.7 Å². The highest BCUT2D eigenvalue weighted by Gasteiger charge is 2.54. The molecule has 4 aromatic rings. The smallest absolute Gasteiger partial charge is 0.320 e. The van der Waals surface area contributed by atoms with Crippen molar-refractivity contribution in [3.8, 4) is 11.5 Å². The van der Waals surface area contributed by atoms with Crippen LogP contribution >= 0.6 is 0 Å². The van der Waals surface area contributed by atoms with Crippen molar-refractivity contribution >= 4 is 22.8 Å². The van der Waals surface area contributed by atoms with Crippen LogP contribution in [0.5, 0.6) is 11.5 Å². The van der Waals surface area contributed by atoms with Crippen LogP contribution in [0.15, 0.2) is 83.7 Å². The molecule has 11 heteroatoms. The highest BCUT2D eigenvalue weighted by atomic mass is 16.5. The lowest BCUT2D eigenvalue weighted by molar-refractivity contribution is -0.171. The summed E-state index contributed by atoms with van der Waals surface area (Å²) in [6.45, 7) is 5.14. The molecule has 2 bridgehead atoms. The maximum Gasteiger partial charge on any atom is 0.320 e. The highest BCUT2D eigenvalue weighted by Crippen LogP contribution is 2.39. The SMILES string of the molecule is O=C(c1ccc(OCCCCCNC[C@H](O)c2ccc(O)c3[nH]c(=O)ccc23)cc1)N1CC(C(=O)O[C@H]2CN3CCC2CC3)(c2ccccc2)C1. The second-order valence-electron chi connectivity index (χ2n) is 14.1. The molecule has 3 aromatic carbocycles. The molecular weight excluding hydrogens is 648 g/mol. The maximum atomic E-state index is 13.8. The summed E-state index contributed by atoms with van der Waals surface area (Å²) < 4.78 is 12.1. The standard InChI is InChI=1S/C40H46N4O7/c45-33-15-13-31(32-14-16-36(47)42-37(32)33)34(46)23-41-19-5-2-6-22-50-30-11-9-28(10-12-30)38(48)44-25-40(26-44,29-7-3-1-4-8-29)39(49)51-35-24-43-20-17-27(35)18-21-43/h1,3-4,7-16,27,34-35,41,45-46H,2,5-6,17-26H2,(H,42,47)/t34-,35-/m0/s1. The van der Waals surface area contributed by atoms with Gasteiger partial charge in [0.25, 0.3) is 5.91 Å². The average Bonchev–Trinajstić information content (AvgIpc) is 3.13. The van der Waals surface area contributed by atoms with Crippen molar-refractivity contribution in [2.24, 2.45) is 5.92 Å². The number of carbonyl (C=O) groups excluding carboxylic acids is 2. The molecule has 8 rings (SSSR count). The third-order valence-electron chi connectivity index (χ3n) is 10.8. The Kier molecular flexibility index (Phi) is 10.4. The van der Waals surface area contributed by atoms with E-state index in [4.69, 9.17) is 9.47 Å². The summed E-state index contributed by atoms with van der Waals surface area (Å²) in [5.74, 6) is 0.739. The maximum absolute atomic E-state index is 13.8. The molecule has 4 aliphatic rings. The van der Waals surface area contributed by atoms with Gasteiger partial charge in [-0.3, -0.25) is 19.3 Å². The number of hydrogen-bond donors (Lipinski definition) is 4. The normalized spacial score (nSPS) is 21.2. The van der Waals surface area contributed by atoms with Gasteiger partial charge in [-0.1, -0.05) is 36.4 Å². The second kappa shape index (κ2) is 15.3. The molecule has 4 N–H and O–H groups in total. The third-order valence-corrected chi connectivity index (χ3v) is 10.8. The number of aromatic hydroxyl groups is 1. The lowest BCUT2D eigenvalue weighted by atomic mass is 9.73. The van der Waals surface area contributed by atoms with Gasteiger partial charge < -0.3 is 34.9 Å². The Balaban J connectivity index is 0.834. The number of phenols is 1. The number of esters is 1. The van der Waals surface area contributed by atoms with E-state index in [0.29, 0.717) is 46.8 Å². The minimum Gasteiger partial charge on any atom is -0.506 e. The summed E-state index contributed by atoms with van der Waals surface area (Å²) >= 11 is 0. The first-order valence-electron chi connectivity index (χ1n) is 18.1. The van der Waals surface area contributed by atoms with Crippen molar-refractivity contribution in [3.05, 3.63) is 106 Å². The van der Waals surface area contributed by atoms with Crippen molar-refractivity contribution < 1.29 is 29.3 Å². The minimum atomic E-state index is -0.856. The number of unbranched alkanes of at least 4 members (excludes halogenated alkanes) is 2. The Labute approximate surface area is 297 Å². The number of ether oxygens (including phenoxy) is 2. The molecule has 2 atom stereocenters. The van der Waals surface area contributed by atoms with Crippen LogP contribution in [0.2, 0.25) is 0 Å². The summed E-state index contributed by atoms with van der Waals surface area (Å²) in [7, 11) is 0. The van der Waals surface area contributed by atoms with Gasteiger partial charge in [-0.2, -0.15) is 0 Å². The van der Waals surface area contributed by atoms with Crippen molar-refractivity contribution in [2.75, 3.05) is 52.4 Å². The Hall–Kier alpha value is -4.71. The number of pyridine rings is 1. The molecule has 1 aromatic heterocycles. The van der Waals surface area contributed by atoms with Gasteiger partial charge in [-0.25, -0.2) is 0 Å². The van der Waals surface area contributed by atoms with Crippen molar-refractivity contribution in [1.82, 2.24) is 20.1 Å². The molecule has 4 aliphatic heterocycles. The van der Waals surface area contributed by atoms with Gasteiger partial charge in [-0.05, 0) is 105 Å². The summed E-state index contributed by atoms with van der Waals surface area (Å²) in [5.41, 5.74) is 1.23.